The molecule has 0 radical (unpaired) electrons. The smallest absolute Gasteiger partial charge is 0.0314 e. The molecule has 0 heteroatoms. The summed E-state index contributed by atoms with van der Waals surface area (Å²) in [5, 5.41) is 0. The first kappa shape index (κ1) is 11.2. The van der Waals surface area contributed by atoms with Crippen molar-refractivity contribution in [2.45, 2.75) is 6.42 Å². The fourth-order valence-electron chi connectivity index (χ4n) is 1.71. The van der Waals surface area contributed by atoms with Crippen LogP contribution in [0.3, 0.4) is 0 Å². The first-order valence-electron chi connectivity index (χ1n) is 5.66. The normalized spacial score (nSPS) is 10.3. The molecule has 0 fully saturated rings. The number of allylic oxidation sites excluding steroid dienone is 1. The van der Waals surface area contributed by atoms with E-state index in [4.69, 9.17) is 6.42 Å². The Balaban J connectivity index is 2.09. The quantitative estimate of drug-likeness (QED) is 0.685. The van der Waals surface area contributed by atoms with Gasteiger partial charge >= 0.3 is 0 Å². The third kappa shape index (κ3) is 3.09. The van der Waals surface area contributed by atoms with E-state index >= 15 is 0 Å². The molecule has 2 rings (SSSR count). The van der Waals surface area contributed by atoms with E-state index in [1.165, 1.54) is 5.56 Å². The number of rotatable bonds is 3. The summed E-state index contributed by atoms with van der Waals surface area (Å²) in [6.07, 6.45) is 10.6. The van der Waals surface area contributed by atoms with Gasteiger partial charge < -0.3 is 0 Å². The Labute approximate surface area is 103 Å². The van der Waals surface area contributed by atoms with Gasteiger partial charge in [0.25, 0.3) is 0 Å². The molecule has 0 spiro atoms. The molecule has 0 aliphatic rings. The van der Waals surface area contributed by atoms with Crippen LogP contribution in [-0.4, -0.2) is 0 Å². The van der Waals surface area contributed by atoms with E-state index in [0.717, 1.165) is 17.5 Å². The molecule has 0 nitrogen and oxygen atoms in total. The Morgan fingerprint density at radius 3 is 2.41 bits per heavy atom. The van der Waals surface area contributed by atoms with Gasteiger partial charge in [-0.15, -0.1) is 6.42 Å². The summed E-state index contributed by atoms with van der Waals surface area (Å²) in [5.41, 5.74) is 3.35. The molecule has 0 saturated carbocycles. The summed E-state index contributed by atoms with van der Waals surface area (Å²) in [6, 6.07) is 18.3. The first-order chi connectivity index (χ1) is 8.40. The van der Waals surface area contributed by atoms with Crippen molar-refractivity contribution in [2.24, 2.45) is 0 Å². The third-order valence-corrected chi connectivity index (χ3v) is 2.61. The second kappa shape index (κ2) is 5.72. The van der Waals surface area contributed by atoms with E-state index < -0.39 is 0 Å². The minimum atomic E-state index is 0.930. The Hall–Kier alpha value is -2.26. The fourth-order valence-corrected chi connectivity index (χ4v) is 1.71. The van der Waals surface area contributed by atoms with Crippen LogP contribution in [0.2, 0.25) is 0 Å². The lowest BCUT2D eigenvalue weighted by Crippen LogP contribution is -1.82. The van der Waals surface area contributed by atoms with Gasteiger partial charge in [-0.1, -0.05) is 66.6 Å². The summed E-state index contributed by atoms with van der Waals surface area (Å²) in [5.74, 6) is 2.69. The Morgan fingerprint density at radius 2 is 1.65 bits per heavy atom. The van der Waals surface area contributed by atoms with Crippen molar-refractivity contribution in [2.75, 3.05) is 0 Å². The van der Waals surface area contributed by atoms with E-state index in [-0.39, 0.29) is 0 Å². The van der Waals surface area contributed by atoms with Crippen LogP contribution < -0.4 is 0 Å². The van der Waals surface area contributed by atoms with Crippen molar-refractivity contribution in [3.63, 3.8) is 0 Å². The minimum Gasteiger partial charge on any atom is -0.115 e. The molecule has 0 unspecified atom stereocenters. The molecule has 82 valence electrons. The number of hydrogen-bond acceptors (Lipinski definition) is 0. The lowest BCUT2D eigenvalue weighted by molar-refractivity contribution is 1.28. The fraction of sp³-hybridized carbons (Fsp3) is 0.0588. The van der Waals surface area contributed by atoms with E-state index in [2.05, 4.69) is 42.3 Å². The van der Waals surface area contributed by atoms with Crippen molar-refractivity contribution in [3.05, 3.63) is 77.4 Å². The van der Waals surface area contributed by atoms with Crippen LogP contribution in [0.4, 0.5) is 0 Å². The number of hydrogen-bond donors (Lipinski definition) is 0. The van der Waals surface area contributed by atoms with Gasteiger partial charge in [0.1, 0.15) is 0 Å². The zero-order valence-electron chi connectivity index (χ0n) is 9.64. The highest BCUT2D eigenvalue weighted by molar-refractivity contribution is 5.58. The predicted molar refractivity (Wildman–Crippen MR) is 73.6 cm³/mol. The molecule has 2 aromatic rings. The zero-order valence-corrected chi connectivity index (χ0v) is 9.64. The molecule has 0 aliphatic heterocycles. The maximum atomic E-state index is 5.45. The maximum absolute atomic E-state index is 5.45. The van der Waals surface area contributed by atoms with Crippen molar-refractivity contribution in [3.8, 4) is 12.3 Å². The van der Waals surface area contributed by atoms with Gasteiger partial charge in [0.2, 0.25) is 0 Å². The molecule has 0 bridgehead atoms. The summed E-state index contributed by atoms with van der Waals surface area (Å²) >= 11 is 0. The van der Waals surface area contributed by atoms with Gasteiger partial charge in [0, 0.05) is 5.56 Å². The summed E-state index contributed by atoms with van der Waals surface area (Å²) < 4.78 is 0. The molecule has 0 heterocycles. The molecule has 0 atom stereocenters. The predicted octanol–water partition coefficient (Wildman–Crippen LogP) is 3.92. The lowest BCUT2D eigenvalue weighted by Gasteiger charge is -1.98. The average Bonchev–Trinajstić information content (AvgIpc) is 2.40. The van der Waals surface area contributed by atoms with Crippen LogP contribution in [-0.2, 0) is 6.42 Å². The summed E-state index contributed by atoms with van der Waals surface area (Å²) in [4.78, 5) is 0. The van der Waals surface area contributed by atoms with E-state index in [1.807, 2.05) is 30.3 Å². The highest BCUT2D eigenvalue weighted by Gasteiger charge is 1.93. The highest BCUT2D eigenvalue weighted by Crippen LogP contribution is 2.10. The van der Waals surface area contributed by atoms with Crippen molar-refractivity contribution in [1.29, 1.82) is 0 Å². The molecule has 0 N–H and O–H groups in total. The van der Waals surface area contributed by atoms with Crippen molar-refractivity contribution in [1.82, 2.24) is 0 Å². The SMILES string of the molecule is C#Cc1ccccc1/C=C/Cc1ccccc1. The molecule has 17 heavy (non-hydrogen) atoms. The van der Waals surface area contributed by atoms with Crippen molar-refractivity contribution >= 4 is 6.08 Å². The zero-order chi connectivity index (χ0) is 11.9. The lowest BCUT2D eigenvalue weighted by atomic mass is 10.1. The number of terminal acetylenes is 1. The van der Waals surface area contributed by atoms with Crippen LogP contribution in [0.15, 0.2) is 60.7 Å². The summed E-state index contributed by atoms with van der Waals surface area (Å²) in [7, 11) is 0. The Morgan fingerprint density at radius 1 is 0.941 bits per heavy atom. The Bertz CT molecular complexity index is 542. The van der Waals surface area contributed by atoms with Gasteiger partial charge in [-0.05, 0) is 23.6 Å². The van der Waals surface area contributed by atoms with Crippen LogP contribution in [0.25, 0.3) is 6.08 Å². The highest BCUT2D eigenvalue weighted by atomic mass is 14.0. The molecule has 0 amide bonds. The van der Waals surface area contributed by atoms with Gasteiger partial charge in [0.15, 0.2) is 0 Å². The van der Waals surface area contributed by atoms with Gasteiger partial charge in [-0.25, -0.2) is 0 Å². The largest absolute Gasteiger partial charge is 0.115 e. The average molecular weight is 218 g/mol. The van der Waals surface area contributed by atoms with Crippen LogP contribution >= 0.6 is 0 Å². The molecular formula is C17H14. The van der Waals surface area contributed by atoms with Gasteiger partial charge in [0.05, 0.1) is 0 Å². The maximum Gasteiger partial charge on any atom is 0.0314 e. The monoisotopic (exact) mass is 218 g/mol. The van der Waals surface area contributed by atoms with Crippen LogP contribution in [0.5, 0.6) is 0 Å². The Kier molecular flexibility index (Phi) is 3.78. The van der Waals surface area contributed by atoms with E-state index in [0.29, 0.717) is 0 Å². The molecule has 0 saturated heterocycles. The number of benzene rings is 2. The standard InChI is InChI=1S/C17H14/c1-2-16-12-6-7-13-17(16)14-8-11-15-9-4-3-5-10-15/h1,3-10,12-14H,11H2/b14-8+. The van der Waals surface area contributed by atoms with Crippen LogP contribution in [0, 0.1) is 12.3 Å². The molecule has 0 aliphatic carbocycles. The van der Waals surface area contributed by atoms with Gasteiger partial charge in [-0.2, -0.15) is 0 Å². The first-order valence-corrected chi connectivity index (χ1v) is 5.66. The van der Waals surface area contributed by atoms with Crippen LogP contribution in [0.1, 0.15) is 16.7 Å². The minimum absolute atomic E-state index is 0.930. The van der Waals surface area contributed by atoms with E-state index in [9.17, 15) is 0 Å². The second-order valence-corrected chi connectivity index (χ2v) is 3.82. The second-order valence-electron chi connectivity index (χ2n) is 3.82. The topological polar surface area (TPSA) is 0 Å². The summed E-state index contributed by atoms with van der Waals surface area (Å²) in [6.45, 7) is 0. The van der Waals surface area contributed by atoms with E-state index in [1.54, 1.807) is 0 Å². The van der Waals surface area contributed by atoms with Crippen molar-refractivity contribution < 1.29 is 0 Å². The molecule has 0 aromatic heterocycles. The third-order valence-electron chi connectivity index (χ3n) is 2.61. The molecule has 2 aromatic carbocycles. The molecular weight excluding hydrogens is 204 g/mol. The van der Waals surface area contributed by atoms with Gasteiger partial charge in [-0.3, -0.25) is 0 Å².